The fraction of sp³-hybridized carbons (Fsp3) is 0.154. The Bertz CT molecular complexity index is 577. The first kappa shape index (κ1) is 13.3. The van der Waals surface area contributed by atoms with Gasteiger partial charge in [-0.25, -0.2) is 9.37 Å². The van der Waals surface area contributed by atoms with Crippen molar-refractivity contribution in [3.63, 3.8) is 0 Å². The number of aromatic nitrogens is 1. The molecule has 0 spiro atoms. The minimum atomic E-state index is -0.431. The van der Waals surface area contributed by atoms with E-state index >= 15 is 0 Å². The van der Waals surface area contributed by atoms with Gasteiger partial charge in [0.2, 0.25) is 5.88 Å². The Balaban J connectivity index is 2.28. The first-order valence-electron chi connectivity index (χ1n) is 5.25. The van der Waals surface area contributed by atoms with Gasteiger partial charge in [0.1, 0.15) is 0 Å². The molecule has 0 radical (unpaired) electrons. The fourth-order valence-corrected chi connectivity index (χ4v) is 2.06. The van der Waals surface area contributed by atoms with E-state index in [1.807, 2.05) is 13.0 Å². The van der Waals surface area contributed by atoms with E-state index in [1.54, 1.807) is 18.2 Å². The van der Waals surface area contributed by atoms with Crippen molar-refractivity contribution in [1.82, 2.24) is 4.98 Å². The average Bonchev–Trinajstić information content (AvgIpc) is 2.34. The van der Waals surface area contributed by atoms with Gasteiger partial charge in [-0.3, -0.25) is 0 Å². The standard InChI is InChI=1S/C13H10BrClFNO/c1-8-9(7-15)2-5-13(17-8)18-12-6-10(14)3-4-11(12)16/h2-6H,7H2,1H3. The van der Waals surface area contributed by atoms with Crippen LogP contribution >= 0.6 is 27.5 Å². The van der Waals surface area contributed by atoms with Crippen LogP contribution in [-0.4, -0.2) is 4.98 Å². The van der Waals surface area contributed by atoms with E-state index in [2.05, 4.69) is 20.9 Å². The summed E-state index contributed by atoms with van der Waals surface area (Å²) in [5.74, 6) is 0.442. The second-order valence-electron chi connectivity index (χ2n) is 3.70. The number of hydrogen-bond acceptors (Lipinski definition) is 2. The molecule has 0 atom stereocenters. The summed E-state index contributed by atoms with van der Waals surface area (Å²) in [5.41, 5.74) is 1.71. The average molecular weight is 331 g/mol. The molecule has 5 heteroatoms. The Morgan fingerprint density at radius 1 is 1.33 bits per heavy atom. The van der Waals surface area contributed by atoms with Crippen molar-refractivity contribution >= 4 is 27.5 Å². The summed E-state index contributed by atoms with van der Waals surface area (Å²) in [6, 6.07) is 7.99. The SMILES string of the molecule is Cc1nc(Oc2cc(Br)ccc2F)ccc1CCl. The summed E-state index contributed by atoms with van der Waals surface area (Å²) in [5, 5.41) is 0. The number of pyridine rings is 1. The van der Waals surface area contributed by atoms with E-state index in [0.717, 1.165) is 15.7 Å². The third-order valence-corrected chi connectivity index (χ3v) is 3.20. The van der Waals surface area contributed by atoms with Crippen molar-refractivity contribution in [2.45, 2.75) is 12.8 Å². The lowest BCUT2D eigenvalue weighted by Crippen LogP contribution is -1.95. The molecule has 0 amide bonds. The molecule has 2 rings (SSSR count). The Morgan fingerprint density at radius 3 is 2.78 bits per heavy atom. The van der Waals surface area contributed by atoms with Crippen molar-refractivity contribution in [3.8, 4) is 11.6 Å². The molecular formula is C13H10BrClFNO. The zero-order valence-electron chi connectivity index (χ0n) is 9.58. The molecule has 0 saturated carbocycles. The molecule has 0 aliphatic rings. The summed E-state index contributed by atoms with van der Waals surface area (Å²) >= 11 is 9.01. The molecular weight excluding hydrogens is 321 g/mol. The van der Waals surface area contributed by atoms with E-state index in [-0.39, 0.29) is 5.75 Å². The zero-order chi connectivity index (χ0) is 13.1. The highest BCUT2D eigenvalue weighted by Crippen LogP contribution is 2.27. The highest BCUT2D eigenvalue weighted by molar-refractivity contribution is 9.10. The predicted octanol–water partition coefficient (Wildman–Crippen LogP) is 4.82. The minimum absolute atomic E-state index is 0.134. The lowest BCUT2D eigenvalue weighted by Gasteiger charge is -2.08. The van der Waals surface area contributed by atoms with Crippen molar-refractivity contribution in [3.05, 3.63) is 51.9 Å². The van der Waals surface area contributed by atoms with Crippen LogP contribution in [0.4, 0.5) is 4.39 Å². The minimum Gasteiger partial charge on any atom is -0.436 e. The van der Waals surface area contributed by atoms with Crippen LogP contribution in [0.3, 0.4) is 0 Å². The fourth-order valence-electron chi connectivity index (χ4n) is 1.43. The predicted molar refractivity (Wildman–Crippen MR) is 72.7 cm³/mol. The maximum Gasteiger partial charge on any atom is 0.219 e. The van der Waals surface area contributed by atoms with Gasteiger partial charge in [-0.05, 0) is 30.7 Å². The van der Waals surface area contributed by atoms with Crippen LogP contribution in [0.2, 0.25) is 0 Å². The summed E-state index contributed by atoms with van der Waals surface area (Å²) in [4.78, 5) is 4.22. The van der Waals surface area contributed by atoms with Crippen molar-refractivity contribution in [1.29, 1.82) is 0 Å². The van der Waals surface area contributed by atoms with Crippen molar-refractivity contribution < 1.29 is 9.13 Å². The summed E-state index contributed by atoms with van der Waals surface area (Å²) < 4.78 is 19.7. The number of rotatable bonds is 3. The van der Waals surface area contributed by atoms with Gasteiger partial charge in [0.25, 0.3) is 0 Å². The van der Waals surface area contributed by atoms with Crippen molar-refractivity contribution in [2.75, 3.05) is 0 Å². The highest BCUT2D eigenvalue weighted by Gasteiger charge is 2.07. The Labute approximate surface area is 118 Å². The molecule has 0 fully saturated rings. The number of nitrogens with zero attached hydrogens (tertiary/aromatic N) is 1. The number of alkyl halides is 1. The molecule has 0 saturated heterocycles. The van der Waals surface area contributed by atoms with Gasteiger partial charge in [0.05, 0.1) is 0 Å². The van der Waals surface area contributed by atoms with Gasteiger partial charge >= 0.3 is 0 Å². The van der Waals surface area contributed by atoms with E-state index in [9.17, 15) is 4.39 Å². The van der Waals surface area contributed by atoms with E-state index in [0.29, 0.717) is 11.8 Å². The van der Waals surface area contributed by atoms with Crippen LogP contribution in [0.25, 0.3) is 0 Å². The highest BCUT2D eigenvalue weighted by atomic mass is 79.9. The summed E-state index contributed by atoms with van der Waals surface area (Å²) in [6.45, 7) is 1.84. The summed E-state index contributed by atoms with van der Waals surface area (Å²) in [6.07, 6.45) is 0. The number of aryl methyl sites for hydroxylation is 1. The molecule has 0 aliphatic heterocycles. The van der Waals surface area contributed by atoms with Crippen molar-refractivity contribution in [2.24, 2.45) is 0 Å². The Morgan fingerprint density at radius 2 is 2.11 bits per heavy atom. The van der Waals surface area contributed by atoms with Gasteiger partial charge in [0, 0.05) is 22.1 Å². The Kier molecular flexibility index (Phi) is 4.19. The molecule has 94 valence electrons. The van der Waals surface area contributed by atoms with Gasteiger partial charge in [-0.15, -0.1) is 11.6 Å². The molecule has 18 heavy (non-hydrogen) atoms. The number of benzene rings is 1. The second kappa shape index (κ2) is 5.67. The van der Waals surface area contributed by atoms with E-state index < -0.39 is 5.82 Å². The Hall–Kier alpha value is -1.13. The molecule has 0 N–H and O–H groups in total. The maximum absolute atomic E-state index is 13.5. The van der Waals surface area contributed by atoms with Gasteiger partial charge in [-0.2, -0.15) is 0 Å². The topological polar surface area (TPSA) is 22.1 Å². The van der Waals surface area contributed by atoms with Crippen LogP contribution in [0.5, 0.6) is 11.6 Å². The number of halogens is 3. The molecule has 0 unspecified atom stereocenters. The molecule has 2 aromatic rings. The maximum atomic E-state index is 13.5. The molecule has 2 nitrogen and oxygen atoms in total. The lowest BCUT2D eigenvalue weighted by atomic mass is 10.2. The van der Waals surface area contributed by atoms with Gasteiger partial charge in [0.15, 0.2) is 11.6 Å². The molecule has 1 heterocycles. The van der Waals surface area contributed by atoms with Crippen LogP contribution in [-0.2, 0) is 5.88 Å². The zero-order valence-corrected chi connectivity index (χ0v) is 11.9. The van der Waals surface area contributed by atoms with Crippen LogP contribution in [0.1, 0.15) is 11.3 Å². The quantitative estimate of drug-likeness (QED) is 0.753. The number of hydrogen-bond donors (Lipinski definition) is 0. The molecule has 0 bridgehead atoms. The van der Waals surface area contributed by atoms with Gasteiger partial charge < -0.3 is 4.74 Å². The normalized spacial score (nSPS) is 10.4. The molecule has 1 aromatic carbocycles. The van der Waals surface area contributed by atoms with Crippen LogP contribution in [0, 0.1) is 12.7 Å². The second-order valence-corrected chi connectivity index (χ2v) is 4.89. The summed E-state index contributed by atoms with van der Waals surface area (Å²) in [7, 11) is 0. The third kappa shape index (κ3) is 3.00. The first-order valence-corrected chi connectivity index (χ1v) is 6.58. The smallest absolute Gasteiger partial charge is 0.219 e. The third-order valence-electron chi connectivity index (χ3n) is 2.42. The van der Waals surface area contributed by atoms with Gasteiger partial charge in [-0.1, -0.05) is 22.0 Å². The molecule has 1 aromatic heterocycles. The van der Waals surface area contributed by atoms with E-state index in [4.69, 9.17) is 16.3 Å². The number of ether oxygens (including phenoxy) is 1. The first-order chi connectivity index (χ1) is 8.60. The monoisotopic (exact) mass is 329 g/mol. The van der Waals surface area contributed by atoms with Crippen LogP contribution < -0.4 is 4.74 Å². The largest absolute Gasteiger partial charge is 0.436 e. The molecule has 0 aliphatic carbocycles. The van der Waals surface area contributed by atoms with Crippen LogP contribution in [0.15, 0.2) is 34.8 Å². The lowest BCUT2D eigenvalue weighted by molar-refractivity contribution is 0.426. The van der Waals surface area contributed by atoms with E-state index in [1.165, 1.54) is 6.07 Å².